The molecule has 1 aromatic carbocycles. The van der Waals surface area contributed by atoms with Gasteiger partial charge in [-0.3, -0.25) is 14.4 Å². The van der Waals surface area contributed by atoms with Crippen molar-refractivity contribution in [2.75, 3.05) is 6.26 Å². The molecule has 172 valence electrons. The van der Waals surface area contributed by atoms with Crippen molar-refractivity contribution in [2.24, 2.45) is 29.2 Å². The number of aliphatic hydroxyl groups excluding tert-OH is 2. The first kappa shape index (κ1) is 22.8. The lowest BCUT2D eigenvalue weighted by Gasteiger charge is -2.48. The average molecular weight is 463 g/mol. The van der Waals surface area contributed by atoms with Gasteiger partial charge in [-0.2, -0.15) is 11.8 Å². The number of phenolic OH excluding ortho intramolecular Hbond substituents is 1. The van der Waals surface area contributed by atoms with Crippen LogP contribution < -0.4 is 11.5 Å². The van der Waals surface area contributed by atoms with E-state index >= 15 is 0 Å². The fraction of sp³-hybridized carbons (Fsp3) is 0.500. The summed E-state index contributed by atoms with van der Waals surface area (Å²) in [6.45, 7) is 0.165. The van der Waals surface area contributed by atoms with Gasteiger partial charge in [0.15, 0.2) is 11.4 Å². The van der Waals surface area contributed by atoms with Crippen molar-refractivity contribution in [3.05, 3.63) is 33.9 Å². The second kappa shape index (κ2) is 7.87. The third-order valence-corrected chi connectivity index (χ3v) is 7.68. The predicted octanol–water partition coefficient (Wildman–Crippen LogP) is -0.0894. The minimum Gasteiger partial charge on any atom is -0.507 e. The van der Waals surface area contributed by atoms with E-state index < -0.39 is 52.7 Å². The maximum absolute atomic E-state index is 13.5. The van der Waals surface area contributed by atoms with Gasteiger partial charge in [0.2, 0.25) is 11.7 Å². The van der Waals surface area contributed by atoms with Crippen LogP contribution in [0.25, 0.3) is 5.76 Å². The minimum absolute atomic E-state index is 0.0911. The third-order valence-electron chi connectivity index (χ3n) is 7.08. The van der Waals surface area contributed by atoms with Gasteiger partial charge in [-0.25, -0.2) is 0 Å². The summed E-state index contributed by atoms with van der Waals surface area (Å²) in [4.78, 5) is 38.2. The standard InChI is InChI=1S/C22H26N2O7S/c1-32-7-10-2-9(6-23)12-4-8-3-11-5-13(25)16(21(24)30)20(29)22(11,31)19(28)14(8)18(27)15(12)17(10)26/h2,8,11,13,16,25-27,31H,3-7,23H2,1H3,(H2,24,30). The summed E-state index contributed by atoms with van der Waals surface area (Å²) in [5, 5.41) is 43.5. The second-order valence-electron chi connectivity index (χ2n) is 8.77. The van der Waals surface area contributed by atoms with Gasteiger partial charge in [-0.15, -0.1) is 0 Å². The number of ketones is 2. The predicted molar refractivity (Wildman–Crippen MR) is 116 cm³/mol. The first-order valence-electron chi connectivity index (χ1n) is 10.4. The van der Waals surface area contributed by atoms with E-state index in [-0.39, 0.29) is 42.7 Å². The van der Waals surface area contributed by atoms with Crippen LogP contribution in [-0.2, 0) is 33.1 Å². The van der Waals surface area contributed by atoms with E-state index in [1.54, 1.807) is 6.07 Å². The molecule has 0 aromatic heterocycles. The average Bonchev–Trinajstić information content (AvgIpc) is 2.72. The second-order valence-corrected chi connectivity index (χ2v) is 9.64. The Morgan fingerprint density at radius 2 is 1.94 bits per heavy atom. The van der Waals surface area contributed by atoms with Crippen LogP contribution >= 0.6 is 11.8 Å². The summed E-state index contributed by atoms with van der Waals surface area (Å²) in [7, 11) is 0. The van der Waals surface area contributed by atoms with Gasteiger partial charge >= 0.3 is 0 Å². The molecule has 1 aromatic rings. The first-order chi connectivity index (χ1) is 15.1. The summed E-state index contributed by atoms with van der Waals surface area (Å²) in [5.41, 5.74) is 10.4. The van der Waals surface area contributed by atoms with Crippen LogP contribution in [0.5, 0.6) is 5.75 Å². The molecule has 10 heteroatoms. The van der Waals surface area contributed by atoms with E-state index in [1.807, 2.05) is 6.26 Å². The number of amides is 1. The highest BCUT2D eigenvalue weighted by Crippen LogP contribution is 2.52. The largest absolute Gasteiger partial charge is 0.507 e. The molecule has 0 aliphatic heterocycles. The fourth-order valence-corrected chi connectivity index (χ4v) is 6.11. The summed E-state index contributed by atoms with van der Waals surface area (Å²) in [6, 6.07) is 1.79. The number of aromatic hydroxyl groups is 1. The molecule has 32 heavy (non-hydrogen) atoms. The summed E-state index contributed by atoms with van der Waals surface area (Å²) in [6.07, 6.45) is 0.711. The van der Waals surface area contributed by atoms with E-state index in [4.69, 9.17) is 11.5 Å². The zero-order valence-electron chi connectivity index (χ0n) is 17.5. The normalized spacial score (nSPS) is 31.8. The number of primary amides is 1. The molecule has 1 amide bonds. The number of hydrogen-bond donors (Lipinski definition) is 6. The van der Waals surface area contributed by atoms with Crippen LogP contribution in [0, 0.1) is 17.8 Å². The van der Waals surface area contributed by atoms with Crippen LogP contribution in [0.1, 0.15) is 35.1 Å². The van der Waals surface area contributed by atoms with Crippen molar-refractivity contribution in [3.63, 3.8) is 0 Å². The molecule has 5 unspecified atom stereocenters. The number of rotatable bonds is 4. The highest BCUT2D eigenvalue weighted by molar-refractivity contribution is 7.97. The minimum atomic E-state index is -2.57. The van der Waals surface area contributed by atoms with E-state index in [0.717, 1.165) is 5.56 Å². The molecule has 0 heterocycles. The smallest absolute Gasteiger partial charge is 0.230 e. The Balaban J connectivity index is 1.89. The number of aliphatic hydroxyl groups is 3. The Hall–Kier alpha value is -2.40. The zero-order valence-corrected chi connectivity index (χ0v) is 18.3. The number of carbonyl (C=O) groups excluding carboxylic acids is 3. The van der Waals surface area contributed by atoms with E-state index in [0.29, 0.717) is 16.9 Å². The zero-order chi connectivity index (χ0) is 23.5. The highest BCUT2D eigenvalue weighted by atomic mass is 32.2. The van der Waals surface area contributed by atoms with Crippen LogP contribution in [0.4, 0.5) is 0 Å². The van der Waals surface area contributed by atoms with Crippen molar-refractivity contribution in [1.82, 2.24) is 0 Å². The highest BCUT2D eigenvalue weighted by Gasteiger charge is 2.63. The molecule has 0 radical (unpaired) electrons. The van der Waals surface area contributed by atoms with Crippen molar-refractivity contribution < 1.29 is 34.8 Å². The van der Waals surface area contributed by atoms with Crippen LogP contribution in [0.15, 0.2) is 11.6 Å². The lowest BCUT2D eigenvalue weighted by atomic mass is 9.56. The number of nitrogens with two attached hydrogens (primary N) is 2. The van der Waals surface area contributed by atoms with Crippen LogP contribution in [0.2, 0.25) is 0 Å². The van der Waals surface area contributed by atoms with Crippen LogP contribution in [0.3, 0.4) is 0 Å². The van der Waals surface area contributed by atoms with Gasteiger partial charge in [0.1, 0.15) is 17.4 Å². The van der Waals surface area contributed by atoms with Gasteiger partial charge in [0.25, 0.3) is 0 Å². The molecule has 2 fully saturated rings. The first-order valence-corrected chi connectivity index (χ1v) is 11.7. The molecule has 3 aliphatic carbocycles. The van der Waals surface area contributed by atoms with Crippen LogP contribution in [-0.4, -0.2) is 55.9 Å². The lowest BCUT2D eigenvalue weighted by molar-refractivity contribution is -0.174. The molecule has 4 rings (SSSR count). The number of phenols is 1. The molecule has 0 saturated heterocycles. The molecular formula is C22H26N2O7S. The maximum atomic E-state index is 13.5. The topological polar surface area (TPSA) is 184 Å². The number of benzene rings is 1. The van der Waals surface area contributed by atoms with Crippen molar-refractivity contribution in [3.8, 4) is 5.75 Å². The number of thioether (sulfide) groups is 1. The molecular weight excluding hydrogens is 436 g/mol. The number of hydrogen-bond acceptors (Lipinski definition) is 9. The molecule has 2 saturated carbocycles. The molecule has 5 atom stereocenters. The number of Topliss-reactive ketones (excluding diaryl/α,β-unsaturated/α-hetero) is 2. The Bertz CT molecular complexity index is 1070. The molecule has 8 N–H and O–H groups in total. The van der Waals surface area contributed by atoms with Gasteiger partial charge in [0.05, 0.1) is 11.7 Å². The summed E-state index contributed by atoms with van der Waals surface area (Å²) in [5.74, 6) is -6.66. The van der Waals surface area contributed by atoms with Crippen molar-refractivity contribution >= 4 is 35.0 Å². The third kappa shape index (κ3) is 3.01. The van der Waals surface area contributed by atoms with Gasteiger partial charge in [0, 0.05) is 29.4 Å². The molecule has 9 nitrogen and oxygen atoms in total. The Morgan fingerprint density at radius 1 is 1.25 bits per heavy atom. The number of fused-ring (bicyclic) bond motifs is 3. The monoisotopic (exact) mass is 462 g/mol. The molecule has 0 bridgehead atoms. The Labute approximate surface area is 188 Å². The van der Waals surface area contributed by atoms with Gasteiger partial charge in [-0.05, 0) is 48.6 Å². The Morgan fingerprint density at radius 3 is 2.53 bits per heavy atom. The maximum Gasteiger partial charge on any atom is 0.230 e. The Kier molecular flexibility index (Phi) is 5.61. The van der Waals surface area contributed by atoms with E-state index in [1.165, 1.54) is 11.8 Å². The SMILES string of the molecule is CSCc1cc(CN)c2c(c1O)C(O)=C1C(=O)C3(O)C(=O)C(C(N)=O)C(O)CC3CC1C2. The lowest BCUT2D eigenvalue weighted by Crippen LogP contribution is -2.66. The summed E-state index contributed by atoms with van der Waals surface area (Å²) < 4.78 is 0. The number of carbonyl (C=O) groups is 3. The summed E-state index contributed by atoms with van der Waals surface area (Å²) >= 11 is 1.46. The van der Waals surface area contributed by atoms with Gasteiger partial charge in [-0.1, -0.05) is 0 Å². The molecule has 3 aliphatic rings. The van der Waals surface area contributed by atoms with Crippen molar-refractivity contribution in [2.45, 2.75) is 43.3 Å². The van der Waals surface area contributed by atoms with Gasteiger partial charge < -0.3 is 31.9 Å². The fourth-order valence-electron chi connectivity index (χ4n) is 5.58. The van der Waals surface area contributed by atoms with E-state index in [9.17, 15) is 34.8 Å². The van der Waals surface area contributed by atoms with E-state index in [2.05, 4.69) is 0 Å². The molecule has 0 spiro atoms. The van der Waals surface area contributed by atoms with Crippen molar-refractivity contribution in [1.29, 1.82) is 0 Å². The quantitative estimate of drug-likeness (QED) is 0.333.